The number of hydrogen-bond acceptors (Lipinski definition) is 6. The molecule has 0 saturated heterocycles. The minimum atomic E-state index is -1.49. The monoisotopic (exact) mass is 308 g/mol. The summed E-state index contributed by atoms with van der Waals surface area (Å²) in [4.78, 5) is 33.7. The Morgan fingerprint density at radius 2 is 1.91 bits per heavy atom. The highest BCUT2D eigenvalue weighted by Gasteiger charge is 2.44. The number of carbonyl (C=O) groups excluding carboxylic acids is 2. The first-order valence-electron chi connectivity index (χ1n) is 6.76. The normalized spacial score (nSPS) is 20.5. The van der Waals surface area contributed by atoms with Crippen molar-refractivity contribution in [3.05, 3.63) is 35.9 Å². The van der Waals surface area contributed by atoms with Gasteiger partial charge in [0.15, 0.2) is 5.60 Å². The second-order valence-electron chi connectivity index (χ2n) is 5.08. The molecule has 1 aromatic rings. The Kier molecular flexibility index (Phi) is 4.98. The molecule has 1 N–H and O–H groups in total. The molecule has 1 atom stereocenters. The van der Waals surface area contributed by atoms with E-state index < -0.39 is 17.9 Å². The fraction of sp³-hybridized carbons (Fsp3) is 0.400. The van der Waals surface area contributed by atoms with Crippen LogP contribution in [0, 0.1) is 0 Å². The number of ether oxygens (including phenoxy) is 3. The Balaban J connectivity index is 1.90. The van der Waals surface area contributed by atoms with E-state index in [1.54, 1.807) is 12.1 Å². The summed E-state index contributed by atoms with van der Waals surface area (Å²) in [7, 11) is 0. The molecule has 7 nitrogen and oxygen atoms in total. The van der Waals surface area contributed by atoms with Crippen LogP contribution in [-0.4, -0.2) is 35.4 Å². The van der Waals surface area contributed by atoms with Gasteiger partial charge in [-0.25, -0.2) is 9.59 Å². The maximum Gasteiger partial charge on any atom is 0.509 e. The van der Waals surface area contributed by atoms with Gasteiger partial charge in [0.1, 0.15) is 19.0 Å². The third kappa shape index (κ3) is 4.47. The van der Waals surface area contributed by atoms with E-state index in [0.717, 1.165) is 5.56 Å². The first kappa shape index (κ1) is 15.8. The lowest BCUT2D eigenvalue weighted by molar-refractivity contribution is -0.120. The van der Waals surface area contributed by atoms with E-state index in [2.05, 4.69) is 4.74 Å². The summed E-state index contributed by atoms with van der Waals surface area (Å²) in [5.41, 5.74) is -0.471. The van der Waals surface area contributed by atoms with Gasteiger partial charge in [0, 0.05) is 12.8 Å². The molecule has 1 unspecified atom stereocenters. The summed E-state index contributed by atoms with van der Waals surface area (Å²) >= 11 is 0. The second-order valence-corrected chi connectivity index (χ2v) is 5.08. The minimum Gasteiger partial charge on any atom is -0.450 e. The standard InChI is InChI=1S/C15H16O7/c16-12-6-7-15(8-12,10-21-13(17)18)22-14(19)20-9-11-4-2-1-3-5-11/h1-5H,6-10H2,(H,17,18). The first-order valence-corrected chi connectivity index (χ1v) is 6.76. The average molecular weight is 308 g/mol. The molecule has 7 heteroatoms. The molecule has 0 heterocycles. The molecule has 0 amide bonds. The first-order chi connectivity index (χ1) is 10.5. The maximum atomic E-state index is 11.8. The van der Waals surface area contributed by atoms with Crippen LogP contribution in [0.3, 0.4) is 0 Å². The summed E-state index contributed by atoms with van der Waals surface area (Å²) in [5, 5.41) is 8.56. The Morgan fingerprint density at radius 1 is 1.18 bits per heavy atom. The Bertz CT molecular complexity index is 554. The van der Waals surface area contributed by atoms with E-state index in [4.69, 9.17) is 14.6 Å². The number of rotatable bonds is 5. The summed E-state index contributed by atoms with van der Waals surface area (Å²) in [6.45, 7) is -0.349. The Hall–Kier alpha value is -2.57. The molecular formula is C15H16O7. The van der Waals surface area contributed by atoms with Crippen LogP contribution in [0.15, 0.2) is 30.3 Å². The second kappa shape index (κ2) is 6.93. The number of ketones is 1. The lowest BCUT2D eigenvalue weighted by Crippen LogP contribution is -2.38. The van der Waals surface area contributed by atoms with Gasteiger partial charge < -0.3 is 19.3 Å². The number of hydrogen-bond donors (Lipinski definition) is 1. The molecule has 0 aliphatic heterocycles. The van der Waals surface area contributed by atoms with Crippen molar-refractivity contribution in [3.8, 4) is 0 Å². The van der Waals surface area contributed by atoms with Crippen LogP contribution in [0.25, 0.3) is 0 Å². The van der Waals surface area contributed by atoms with Crippen molar-refractivity contribution in [3.63, 3.8) is 0 Å². The maximum absolute atomic E-state index is 11.8. The topological polar surface area (TPSA) is 99.1 Å². The van der Waals surface area contributed by atoms with Gasteiger partial charge in [-0.3, -0.25) is 4.79 Å². The summed E-state index contributed by atoms with van der Waals surface area (Å²) < 4.78 is 14.6. The van der Waals surface area contributed by atoms with Gasteiger partial charge in [-0.2, -0.15) is 0 Å². The van der Waals surface area contributed by atoms with Crippen LogP contribution in [0.2, 0.25) is 0 Å². The lowest BCUT2D eigenvalue weighted by atomic mass is 10.0. The molecule has 0 spiro atoms. The van der Waals surface area contributed by atoms with Crippen molar-refractivity contribution in [1.82, 2.24) is 0 Å². The van der Waals surface area contributed by atoms with E-state index in [0.29, 0.717) is 0 Å². The van der Waals surface area contributed by atoms with Crippen LogP contribution in [0.1, 0.15) is 24.8 Å². The zero-order chi connectivity index (χ0) is 16.0. The summed E-state index contributed by atoms with van der Waals surface area (Å²) in [5.74, 6) is -0.107. The Morgan fingerprint density at radius 3 is 2.50 bits per heavy atom. The third-order valence-corrected chi connectivity index (χ3v) is 3.34. The van der Waals surface area contributed by atoms with E-state index in [1.807, 2.05) is 18.2 Å². The fourth-order valence-electron chi connectivity index (χ4n) is 2.26. The molecule has 1 aromatic carbocycles. The van der Waals surface area contributed by atoms with Crippen molar-refractivity contribution >= 4 is 18.1 Å². The van der Waals surface area contributed by atoms with Gasteiger partial charge >= 0.3 is 12.3 Å². The van der Waals surface area contributed by atoms with Gasteiger partial charge in [-0.15, -0.1) is 0 Å². The molecule has 22 heavy (non-hydrogen) atoms. The van der Waals surface area contributed by atoms with Gasteiger partial charge in [0.25, 0.3) is 0 Å². The number of carboxylic acid groups (broad SMARTS) is 1. The SMILES string of the molecule is O=C1CCC(COC(=O)O)(OC(=O)OCc2ccccc2)C1. The van der Waals surface area contributed by atoms with Crippen molar-refractivity contribution in [2.45, 2.75) is 31.5 Å². The highest BCUT2D eigenvalue weighted by Crippen LogP contribution is 2.32. The van der Waals surface area contributed by atoms with Crippen LogP contribution >= 0.6 is 0 Å². The summed E-state index contributed by atoms with van der Waals surface area (Å²) in [6.07, 6.45) is -2.07. The molecule has 1 saturated carbocycles. The molecule has 1 aliphatic rings. The predicted octanol–water partition coefficient (Wildman–Crippen LogP) is 2.53. The zero-order valence-corrected chi connectivity index (χ0v) is 11.8. The lowest BCUT2D eigenvalue weighted by Gasteiger charge is -2.26. The fourth-order valence-corrected chi connectivity index (χ4v) is 2.26. The molecule has 1 aliphatic carbocycles. The van der Waals surface area contributed by atoms with Crippen LogP contribution in [0.5, 0.6) is 0 Å². The molecular weight excluding hydrogens is 292 g/mol. The van der Waals surface area contributed by atoms with Gasteiger partial charge in [-0.05, 0) is 12.0 Å². The van der Waals surface area contributed by atoms with E-state index in [1.165, 1.54) is 0 Å². The molecule has 0 aromatic heterocycles. The molecule has 118 valence electrons. The highest BCUT2D eigenvalue weighted by atomic mass is 16.7. The average Bonchev–Trinajstić information content (AvgIpc) is 2.86. The van der Waals surface area contributed by atoms with Crippen molar-refractivity contribution in [1.29, 1.82) is 0 Å². The van der Waals surface area contributed by atoms with Crippen LogP contribution in [-0.2, 0) is 25.6 Å². The van der Waals surface area contributed by atoms with E-state index >= 15 is 0 Å². The number of carbonyl (C=O) groups is 3. The largest absolute Gasteiger partial charge is 0.509 e. The third-order valence-electron chi connectivity index (χ3n) is 3.34. The number of Topliss-reactive ketones (excluding diaryl/α,β-unsaturated/α-hetero) is 1. The van der Waals surface area contributed by atoms with Crippen molar-refractivity contribution < 1.29 is 33.7 Å². The summed E-state index contributed by atoms with van der Waals surface area (Å²) in [6, 6.07) is 9.03. The van der Waals surface area contributed by atoms with Crippen molar-refractivity contribution in [2.24, 2.45) is 0 Å². The zero-order valence-electron chi connectivity index (χ0n) is 11.8. The van der Waals surface area contributed by atoms with Gasteiger partial charge in [0.05, 0.1) is 0 Å². The highest BCUT2D eigenvalue weighted by molar-refractivity contribution is 5.82. The molecule has 0 radical (unpaired) electrons. The molecule has 2 rings (SSSR count). The Labute approximate surface area is 126 Å². The van der Waals surface area contributed by atoms with Gasteiger partial charge in [0.2, 0.25) is 0 Å². The van der Waals surface area contributed by atoms with Crippen LogP contribution in [0.4, 0.5) is 9.59 Å². The minimum absolute atomic E-state index is 0.0312. The quantitative estimate of drug-likeness (QED) is 0.834. The predicted molar refractivity (Wildman–Crippen MR) is 73.3 cm³/mol. The molecule has 1 fully saturated rings. The van der Waals surface area contributed by atoms with E-state index in [-0.39, 0.29) is 38.3 Å². The van der Waals surface area contributed by atoms with E-state index in [9.17, 15) is 14.4 Å². The smallest absolute Gasteiger partial charge is 0.450 e. The van der Waals surface area contributed by atoms with Crippen LogP contribution < -0.4 is 0 Å². The van der Waals surface area contributed by atoms with Gasteiger partial charge in [-0.1, -0.05) is 30.3 Å². The van der Waals surface area contributed by atoms with Crippen molar-refractivity contribution in [2.75, 3.05) is 6.61 Å². The number of benzene rings is 1. The molecule has 0 bridgehead atoms.